The van der Waals surface area contributed by atoms with Gasteiger partial charge in [-0.2, -0.15) is 0 Å². The van der Waals surface area contributed by atoms with Crippen molar-refractivity contribution in [3.8, 4) is 0 Å². The molecule has 1 rings (SSSR count). The minimum Gasteiger partial charge on any atom is -0.548 e. The van der Waals surface area contributed by atoms with Crippen molar-refractivity contribution in [3.63, 3.8) is 0 Å². The molecule has 1 aromatic rings. The molecule has 20 heavy (non-hydrogen) atoms. The smallest absolute Gasteiger partial charge is 0.315 e. The second kappa shape index (κ2) is 7.53. The number of hydrogen-bond donors (Lipinski definition) is 2. The zero-order valence-corrected chi connectivity index (χ0v) is 12.1. The van der Waals surface area contributed by atoms with E-state index < -0.39 is 18.0 Å². The second-order valence-electron chi connectivity index (χ2n) is 4.93. The monoisotopic (exact) mass is 277 g/mol. The van der Waals surface area contributed by atoms with Gasteiger partial charge in [-0.1, -0.05) is 50.6 Å². The molecule has 0 aliphatic rings. The molecule has 2 N–H and O–H groups in total. The molecule has 0 spiro atoms. The molecule has 1 aromatic carbocycles. The van der Waals surface area contributed by atoms with Crippen molar-refractivity contribution in [2.75, 3.05) is 0 Å². The Kier molecular flexibility index (Phi) is 6.03. The van der Waals surface area contributed by atoms with E-state index in [1.54, 1.807) is 6.92 Å². The van der Waals surface area contributed by atoms with Crippen LogP contribution >= 0.6 is 0 Å². The highest BCUT2D eigenvalue weighted by molar-refractivity contribution is 5.82. The number of hydrogen-bond acceptors (Lipinski definition) is 3. The van der Waals surface area contributed by atoms with Crippen LogP contribution < -0.4 is 15.7 Å². The van der Waals surface area contributed by atoms with E-state index in [4.69, 9.17) is 0 Å². The molecular weight excluding hydrogens is 256 g/mol. The van der Waals surface area contributed by atoms with E-state index in [-0.39, 0.29) is 12.0 Å². The van der Waals surface area contributed by atoms with Crippen molar-refractivity contribution < 1.29 is 14.7 Å². The predicted octanol–water partition coefficient (Wildman–Crippen LogP) is 1.21. The first-order chi connectivity index (χ1) is 9.45. The fraction of sp³-hybridized carbons (Fsp3) is 0.467. The van der Waals surface area contributed by atoms with Crippen molar-refractivity contribution in [2.24, 2.45) is 5.92 Å². The van der Waals surface area contributed by atoms with Crippen molar-refractivity contribution in [3.05, 3.63) is 35.9 Å². The fourth-order valence-corrected chi connectivity index (χ4v) is 1.87. The van der Waals surface area contributed by atoms with Crippen LogP contribution in [0.3, 0.4) is 0 Å². The predicted molar refractivity (Wildman–Crippen MR) is 74.8 cm³/mol. The third kappa shape index (κ3) is 4.57. The van der Waals surface area contributed by atoms with Crippen LogP contribution in [-0.4, -0.2) is 18.0 Å². The summed E-state index contributed by atoms with van der Waals surface area (Å²) in [5, 5.41) is 16.2. The summed E-state index contributed by atoms with van der Waals surface area (Å²) in [5.74, 6) is -1.44. The van der Waals surface area contributed by atoms with Gasteiger partial charge in [0.25, 0.3) is 0 Å². The quantitative estimate of drug-likeness (QED) is 0.820. The SMILES string of the molecule is CC[C@@H](C)[C@H](NC(=O)N[C@H](C)c1ccccc1)C(=O)[O-]. The number of carboxylic acids is 1. The molecule has 0 aliphatic carbocycles. The summed E-state index contributed by atoms with van der Waals surface area (Å²) >= 11 is 0. The Hall–Kier alpha value is -2.04. The van der Waals surface area contributed by atoms with Crippen LogP contribution in [-0.2, 0) is 4.79 Å². The summed E-state index contributed by atoms with van der Waals surface area (Å²) in [5.41, 5.74) is 0.955. The third-order valence-electron chi connectivity index (χ3n) is 3.40. The van der Waals surface area contributed by atoms with Gasteiger partial charge in [-0.25, -0.2) is 4.79 Å². The molecule has 110 valence electrons. The molecule has 0 radical (unpaired) electrons. The van der Waals surface area contributed by atoms with Gasteiger partial charge in [-0.05, 0) is 18.4 Å². The Bertz CT molecular complexity index is 448. The molecule has 0 heterocycles. The maximum absolute atomic E-state index is 11.8. The number of carbonyl (C=O) groups excluding carboxylic acids is 2. The molecule has 5 heteroatoms. The van der Waals surface area contributed by atoms with Gasteiger partial charge in [-0.3, -0.25) is 0 Å². The summed E-state index contributed by atoms with van der Waals surface area (Å²) in [6.07, 6.45) is 0.646. The lowest BCUT2D eigenvalue weighted by Crippen LogP contribution is -2.54. The maximum atomic E-state index is 11.8. The highest BCUT2D eigenvalue weighted by Gasteiger charge is 2.20. The van der Waals surface area contributed by atoms with Gasteiger partial charge in [0.05, 0.1) is 18.1 Å². The Balaban J connectivity index is 2.60. The van der Waals surface area contributed by atoms with Crippen LogP contribution in [0.1, 0.15) is 38.8 Å². The first kappa shape index (κ1) is 16.0. The lowest BCUT2D eigenvalue weighted by atomic mass is 9.99. The van der Waals surface area contributed by atoms with Crippen LogP contribution in [0, 0.1) is 5.92 Å². The van der Waals surface area contributed by atoms with E-state index in [0.29, 0.717) is 6.42 Å². The van der Waals surface area contributed by atoms with Crippen LogP contribution in [0.15, 0.2) is 30.3 Å². The molecule has 0 saturated carbocycles. The van der Waals surface area contributed by atoms with E-state index in [2.05, 4.69) is 10.6 Å². The summed E-state index contributed by atoms with van der Waals surface area (Å²) in [4.78, 5) is 22.9. The van der Waals surface area contributed by atoms with Crippen molar-refractivity contribution in [1.82, 2.24) is 10.6 Å². The Morgan fingerprint density at radius 1 is 1.15 bits per heavy atom. The van der Waals surface area contributed by atoms with Crippen LogP contribution in [0.25, 0.3) is 0 Å². The average Bonchev–Trinajstić information content (AvgIpc) is 2.44. The zero-order chi connectivity index (χ0) is 15.1. The zero-order valence-electron chi connectivity index (χ0n) is 12.1. The van der Waals surface area contributed by atoms with E-state index >= 15 is 0 Å². The van der Waals surface area contributed by atoms with Crippen molar-refractivity contribution in [1.29, 1.82) is 0 Å². The van der Waals surface area contributed by atoms with E-state index in [9.17, 15) is 14.7 Å². The average molecular weight is 277 g/mol. The number of carboxylic acid groups (broad SMARTS) is 1. The molecule has 0 fully saturated rings. The van der Waals surface area contributed by atoms with Gasteiger partial charge in [0.15, 0.2) is 0 Å². The van der Waals surface area contributed by atoms with Crippen molar-refractivity contribution in [2.45, 2.75) is 39.3 Å². The minimum atomic E-state index is -1.26. The van der Waals surface area contributed by atoms with Gasteiger partial charge >= 0.3 is 6.03 Å². The summed E-state index contributed by atoms with van der Waals surface area (Å²) in [6, 6.07) is 7.77. The minimum absolute atomic E-state index is 0.183. The normalized spacial score (nSPS) is 14.9. The molecule has 0 aliphatic heterocycles. The number of amides is 2. The fourth-order valence-electron chi connectivity index (χ4n) is 1.87. The van der Waals surface area contributed by atoms with Gasteiger partial charge < -0.3 is 20.5 Å². The van der Waals surface area contributed by atoms with Crippen LogP contribution in [0.4, 0.5) is 4.79 Å². The number of benzene rings is 1. The summed E-state index contributed by atoms with van der Waals surface area (Å²) in [6.45, 7) is 5.47. The number of urea groups is 1. The molecule has 3 atom stereocenters. The summed E-state index contributed by atoms with van der Waals surface area (Å²) < 4.78 is 0. The molecular formula is C15H21N2O3-. The topological polar surface area (TPSA) is 81.3 Å². The lowest BCUT2D eigenvalue weighted by Gasteiger charge is -2.26. The number of nitrogens with one attached hydrogen (secondary N) is 2. The highest BCUT2D eigenvalue weighted by Crippen LogP contribution is 2.11. The van der Waals surface area contributed by atoms with Crippen molar-refractivity contribution >= 4 is 12.0 Å². The third-order valence-corrected chi connectivity index (χ3v) is 3.40. The highest BCUT2D eigenvalue weighted by atomic mass is 16.4. The van der Waals surface area contributed by atoms with Gasteiger partial charge in [0.2, 0.25) is 0 Å². The standard InChI is InChI=1S/C15H22N2O3/c1-4-10(2)13(14(18)19)17-15(20)16-11(3)12-8-6-5-7-9-12/h5-11,13H,4H2,1-3H3,(H,18,19)(H2,16,17,20)/p-1/t10-,11-,13+/m1/s1. The lowest BCUT2D eigenvalue weighted by molar-refractivity contribution is -0.309. The van der Waals surface area contributed by atoms with Crippen LogP contribution in [0.2, 0.25) is 0 Å². The molecule has 0 bridgehead atoms. The first-order valence-electron chi connectivity index (χ1n) is 6.78. The number of rotatable bonds is 6. The Morgan fingerprint density at radius 2 is 1.75 bits per heavy atom. The molecule has 0 saturated heterocycles. The van der Waals surface area contributed by atoms with Gasteiger partial charge in [-0.15, -0.1) is 0 Å². The summed E-state index contributed by atoms with van der Waals surface area (Å²) in [7, 11) is 0. The van der Waals surface area contributed by atoms with E-state index in [1.165, 1.54) is 0 Å². The second-order valence-corrected chi connectivity index (χ2v) is 4.93. The first-order valence-corrected chi connectivity index (χ1v) is 6.78. The van der Waals surface area contributed by atoms with Gasteiger partial charge in [0.1, 0.15) is 0 Å². The molecule has 2 amide bonds. The number of aliphatic carboxylic acids is 1. The maximum Gasteiger partial charge on any atom is 0.315 e. The Morgan fingerprint density at radius 3 is 2.25 bits per heavy atom. The van der Waals surface area contributed by atoms with Crippen LogP contribution in [0.5, 0.6) is 0 Å². The number of carbonyl (C=O) groups is 2. The Labute approximate surface area is 119 Å². The largest absolute Gasteiger partial charge is 0.548 e. The van der Waals surface area contributed by atoms with E-state index in [1.807, 2.05) is 44.2 Å². The molecule has 5 nitrogen and oxygen atoms in total. The molecule has 0 unspecified atom stereocenters. The van der Waals surface area contributed by atoms with E-state index in [0.717, 1.165) is 5.56 Å². The molecule has 0 aromatic heterocycles. The van der Waals surface area contributed by atoms with Gasteiger partial charge in [0, 0.05) is 0 Å².